The molecule has 2 saturated carbocycles. The van der Waals surface area contributed by atoms with Crippen LogP contribution in [0.3, 0.4) is 0 Å². The van der Waals surface area contributed by atoms with Crippen LogP contribution in [-0.2, 0) is 23.9 Å². The SMILES string of the molecule is CCC[C@]1(OC=O)CCC(C2CCC3=CC(=O)CCC3(C)C2CC)C1(C)C.COC=O. The van der Waals surface area contributed by atoms with Crippen LogP contribution in [0.15, 0.2) is 11.6 Å². The highest BCUT2D eigenvalue weighted by molar-refractivity contribution is 5.91. The van der Waals surface area contributed by atoms with Crippen LogP contribution in [0.5, 0.6) is 0 Å². The number of allylic oxidation sites excluding steroid dienone is 2. The van der Waals surface area contributed by atoms with Gasteiger partial charge in [0, 0.05) is 11.8 Å². The van der Waals surface area contributed by atoms with Crippen LogP contribution < -0.4 is 0 Å². The summed E-state index contributed by atoms with van der Waals surface area (Å²) in [5, 5.41) is 0. The van der Waals surface area contributed by atoms with Gasteiger partial charge in [-0.05, 0) is 67.8 Å². The molecule has 0 aromatic rings. The minimum absolute atomic E-state index is 0.00985. The molecule has 0 saturated heterocycles. The second kappa shape index (κ2) is 10.3. The molecular formula is C26H42O5. The predicted octanol–water partition coefficient (Wildman–Crippen LogP) is 5.66. The van der Waals surface area contributed by atoms with E-state index in [1.165, 1.54) is 19.1 Å². The third-order valence-electron chi connectivity index (χ3n) is 8.98. The van der Waals surface area contributed by atoms with Crippen molar-refractivity contribution in [3.63, 3.8) is 0 Å². The van der Waals surface area contributed by atoms with Crippen molar-refractivity contribution in [3.8, 4) is 0 Å². The van der Waals surface area contributed by atoms with Crippen LogP contribution in [0.2, 0.25) is 0 Å². The summed E-state index contributed by atoms with van der Waals surface area (Å²) in [4.78, 5) is 32.3. The Hall–Kier alpha value is -1.65. The fraction of sp³-hybridized carbons (Fsp3) is 0.808. The molecule has 31 heavy (non-hydrogen) atoms. The maximum atomic E-state index is 12.0. The standard InChI is InChI=1S/C24H38O3.C2H4O2/c1-6-12-24(27-16-25)14-11-21(22(24,3)4)19-9-8-17-15-18(26)10-13-23(17,5)20(19)7-2;1-4-2-3/h15-16,19-21H,6-14H2,1-5H3;2H,1H3/t19?,20?,21?,23?,24-;/m0./s1. The van der Waals surface area contributed by atoms with Gasteiger partial charge in [0.2, 0.25) is 0 Å². The topological polar surface area (TPSA) is 69.7 Å². The number of ketones is 1. The van der Waals surface area contributed by atoms with E-state index < -0.39 is 0 Å². The average molecular weight is 435 g/mol. The molecule has 2 fully saturated rings. The van der Waals surface area contributed by atoms with Gasteiger partial charge in [-0.25, -0.2) is 0 Å². The quantitative estimate of drug-likeness (QED) is 0.484. The van der Waals surface area contributed by atoms with Crippen LogP contribution in [-0.4, -0.2) is 31.4 Å². The largest absolute Gasteiger partial charge is 0.471 e. The first-order chi connectivity index (χ1) is 14.7. The number of ether oxygens (including phenoxy) is 2. The molecule has 0 aromatic heterocycles. The molecule has 5 nitrogen and oxygen atoms in total. The first-order valence-corrected chi connectivity index (χ1v) is 12.0. The van der Waals surface area contributed by atoms with E-state index in [1.54, 1.807) is 0 Å². The van der Waals surface area contributed by atoms with Crippen molar-refractivity contribution in [1.82, 2.24) is 0 Å². The van der Waals surface area contributed by atoms with Crippen molar-refractivity contribution >= 4 is 18.7 Å². The zero-order chi connectivity index (χ0) is 23.3. The Morgan fingerprint density at radius 3 is 2.29 bits per heavy atom. The third kappa shape index (κ3) is 4.61. The zero-order valence-corrected chi connectivity index (χ0v) is 20.4. The van der Waals surface area contributed by atoms with Gasteiger partial charge in [-0.3, -0.25) is 14.4 Å². The second-order valence-electron chi connectivity index (χ2n) is 10.4. The van der Waals surface area contributed by atoms with Gasteiger partial charge in [-0.1, -0.05) is 53.0 Å². The van der Waals surface area contributed by atoms with E-state index in [-0.39, 0.29) is 16.4 Å². The monoisotopic (exact) mass is 434 g/mol. The highest BCUT2D eigenvalue weighted by atomic mass is 16.5. The normalized spacial score (nSPS) is 36.4. The van der Waals surface area contributed by atoms with Gasteiger partial charge >= 0.3 is 0 Å². The summed E-state index contributed by atoms with van der Waals surface area (Å²) >= 11 is 0. The van der Waals surface area contributed by atoms with Crippen molar-refractivity contribution in [2.24, 2.45) is 28.6 Å². The second-order valence-corrected chi connectivity index (χ2v) is 10.4. The Balaban J connectivity index is 0.000000785. The highest BCUT2D eigenvalue weighted by Crippen LogP contribution is 2.63. The molecule has 0 heterocycles. The van der Waals surface area contributed by atoms with Gasteiger partial charge in [0.1, 0.15) is 5.60 Å². The van der Waals surface area contributed by atoms with Gasteiger partial charge in [-0.2, -0.15) is 0 Å². The predicted molar refractivity (Wildman–Crippen MR) is 121 cm³/mol. The number of carbonyl (C=O) groups excluding carboxylic acids is 3. The lowest BCUT2D eigenvalue weighted by molar-refractivity contribution is -0.161. The molecule has 0 N–H and O–H groups in total. The summed E-state index contributed by atoms with van der Waals surface area (Å²) in [7, 11) is 1.31. The van der Waals surface area contributed by atoms with E-state index in [0.29, 0.717) is 42.9 Å². The Kier molecular flexibility index (Phi) is 8.52. The first kappa shape index (κ1) is 25.6. The molecule has 5 atom stereocenters. The molecule has 0 spiro atoms. The maximum absolute atomic E-state index is 12.0. The first-order valence-electron chi connectivity index (χ1n) is 12.0. The molecule has 0 aliphatic heterocycles. The third-order valence-corrected chi connectivity index (χ3v) is 8.98. The van der Waals surface area contributed by atoms with Crippen molar-refractivity contribution in [2.45, 2.75) is 98.0 Å². The number of hydrogen-bond donors (Lipinski definition) is 0. The van der Waals surface area contributed by atoms with Gasteiger partial charge in [0.25, 0.3) is 12.9 Å². The van der Waals surface area contributed by atoms with E-state index in [4.69, 9.17) is 9.53 Å². The Labute approximate surface area is 188 Å². The van der Waals surface area contributed by atoms with E-state index in [9.17, 15) is 9.59 Å². The summed E-state index contributed by atoms with van der Waals surface area (Å²) < 4.78 is 9.71. The van der Waals surface area contributed by atoms with Crippen molar-refractivity contribution in [2.75, 3.05) is 7.11 Å². The van der Waals surface area contributed by atoms with Gasteiger partial charge in [0.15, 0.2) is 5.78 Å². The molecule has 0 bridgehead atoms. The van der Waals surface area contributed by atoms with Crippen LogP contribution in [0.25, 0.3) is 0 Å². The summed E-state index contributed by atoms with van der Waals surface area (Å²) in [5.74, 6) is 2.15. The number of hydrogen-bond acceptors (Lipinski definition) is 5. The van der Waals surface area contributed by atoms with Crippen LogP contribution in [0.1, 0.15) is 92.4 Å². The van der Waals surface area contributed by atoms with Crippen LogP contribution in [0, 0.1) is 28.6 Å². The lowest BCUT2D eigenvalue weighted by atomic mass is 9.51. The van der Waals surface area contributed by atoms with Crippen molar-refractivity contribution in [3.05, 3.63) is 11.6 Å². The van der Waals surface area contributed by atoms with E-state index in [0.717, 1.165) is 44.9 Å². The molecule has 0 radical (unpaired) electrons. The number of rotatable bonds is 7. The lowest BCUT2D eigenvalue weighted by Gasteiger charge is -2.54. The van der Waals surface area contributed by atoms with Gasteiger partial charge in [-0.15, -0.1) is 0 Å². The number of methoxy groups -OCH3 is 1. The van der Waals surface area contributed by atoms with Crippen LogP contribution >= 0.6 is 0 Å². The van der Waals surface area contributed by atoms with E-state index >= 15 is 0 Å². The van der Waals surface area contributed by atoms with E-state index in [2.05, 4.69) is 39.4 Å². The Morgan fingerprint density at radius 2 is 1.74 bits per heavy atom. The molecule has 5 heteroatoms. The lowest BCUT2D eigenvalue weighted by Crippen LogP contribution is -2.50. The van der Waals surface area contributed by atoms with Crippen LogP contribution in [0.4, 0.5) is 0 Å². The smallest absolute Gasteiger partial charge is 0.293 e. The number of fused-ring (bicyclic) bond motifs is 1. The molecule has 3 aliphatic carbocycles. The molecule has 0 aromatic carbocycles. The maximum Gasteiger partial charge on any atom is 0.293 e. The fourth-order valence-electron chi connectivity index (χ4n) is 7.36. The van der Waals surface area contributed by atoms with Gasteiger partial charge < -0.3 is 9.47 Å². The zero-order valence-electron chi connectivity index (χ0n) is 20.4. The average Bonchev–Trinajstić information content (AvgIpc) is 2.98. The Morgan fingerprint density at radius 1 is 1.06 bits per heavy atom. The van der Waals surface area contributed by atoms with Crippen molar-refractivity contribution in [1.29, 1.82) is 0 Å². The minimum Gasteiger partial charge on any atom is -0.471 e. The fourth-order valence-corrected chi connectivity index (χ4v) is 7.36. The number of carbonyl (C=O) groups is 3. The van der Waals surface area contributed by atoms with Crippen molar-refractivity contribution < 1.29 is 23.9 Å². The summed E-state index contributed by atoms with van der Waals surface area (Å²) in [5.41, 5.74) is 1.25. The minimum atomic E-state index is -0.313. The van der Waals surface area contributed by atoms with Gasteiger partial charge in [0.05, 0.1) is 7.11 Å². The summed E-state index contributed by atoms with van der Waals surface area (Å²) in [6.07, 6.45) is 11.2. The molecule has 176 valence electrons. The highest BCUT2D eigenvalue weighted by Gasteiger charge is 2.60. The summed E-state index contributed by atoms with van der Waals surface area (Å²) in [6.45, 7) is 12.7. The molecule has 4 unspecified atom stereocenters. The molecular weight excluding hydrogens is 392 g/mol. The van der Waals surface area contributed by atoms with E-state index in [1.807, 2.05) is 6.08 Å². The molecule has 0 amide bonds. The summed E-state index contributed by atoms with van der Waals surface area (Å²) in [6, 6.07) is 0. The Bertz CT molecular complexity index is 681. The molecule has 3 rings (SSSR count). The molecule has 3 aliphatic rings.